The van der Waals surface area contributed by atoms with Gasteiger partial charge in [-0.3, -0.25) is 4.90 Å². The summed E-state index contributed by atoms with van der Waals surface area (Å²) >= 11 is 1.76. The van der Waals surface area contributed by atoms with Crippen molar-refractivity contribution >= 4 is 11.3 Å². The molecule has 1 aliphatic heterocycles. The topological polar surface area (TPSA) is 38.5 Å². The number of fused-ring (bicyclic) bond motifs is 1. The molecular formula is C14H22N2OS. The molecule has 2 heterocycles. The molecule has 0 spiro atoms. The Labute approximate surface area is 113 Å². The highest BCUT2D eigenvalue weighted by atomic mass is 32.1. The van der Waals surface area contributed by atoms with Gasteiger partial charge in [0.25, 0.3) is 0 Å². The summed E-state index contributed by atoms with van der Waals surface area (Å²) in [6.45, 7) is 2.60. The third kappa shape index (κ3) is 2.35. The average Bonchev–Trinajstić information content (AvgIpc) is 2.94. The summed E-state index contributed by atoms with van der Waals surface area (Å²) in [4.78, 5) is 2.61. The lowest BCUT2D eigenvalue weighted by molar-refractivity contribution is -0.102. The van der Waals surface area contributed by atoms with Gasteiger partial charge in [0.2, 0.25) is 0 Å². The number of hydrogen-bond donors (Lipinski definition) is 1. The summed E-state index contributed by atoms with van der Waals surface area (Å²) in [5.74, 6) is 0. The molecule has 0 amide bonds. The summed E-state index contributed by atoms with van der Waals surface area (Å²) in [6, 6.07) is 3.18. The van der Waals surface area contributed by atoms with Crippen LogP contribution in [0.2, 0.25) is 0 Å². The van der Waals surface area contributed by atoms with Crippen LogP contribution >= 0.6 is 11.3 Å². The first-order valence-electron chi connectivity index (χ1n) is 6.99. The Balaban J connectivity index is 1.80. The second-order valence-electron chi connectivity index (χ2n) is 5.31. The van der Waals surface area contributed by atoms with Gasteiger partial charge < -0.3 is 10.5 Å². The summed E-state index contributed by atoms with van der Waals surface area (Å²) in [6.07, 6.45) is 5.59. The maximum Gasteiger partial charge on any atom is 0.0731 e. The predicted octanol–water partition coefficient (Wildman–Crippen LogP) is 2.39. The van der Waals surface area contributed by atoms with E-state index in [0.29, 0.717) is 24.7 Å². The van der Waals surface area contributed by atoms with Gasteiger partial charge in [0, 0.05) is 25.2 Å². The standard InChI is InChI=1S/C14H22N2OS/c15-9-13(11-5-8-18-10-11)16-6-7-17-14-4-2-1-3-12(14)16/h5,8,10,12-14H,1-4,6-7,9,15H2. The van der Waals surface area contributed by atoms with Crippen LogP contribution < -0.4 is 5.73 Å². The van der Waals surface area contributed by atoms with Gasteiger partial charge in [-0.1, -0.05) is 12.8 Å². The minimum absolute atomic E-state index is 0.380. The largest absolute Gasteiger partial charge is 0.375 e. The van der Waals surface area contributed by atoms with E-state index in [9.17, 15) is 0 Å². The van der Waals surface area contributed by atoms with Gasteiger partial charge in [0.15, 0.2) is 0 Å². The lowest BCUT2D eigenvalue weighted by atomic mass is 9.88. The van der Waals surface area contributed by atoms with Crippen LogP contribution in [0.5, 0.6) is 0 Å². The number of hydrogen-bond acceptors (Lipinski definition) is 4. The molecule has 1 saturated heterocycles. The van der Waals surface area contributed by atoms with E-state index in [1.807, 2.05) is 0 Å². The Bertz CT molecular complexity index is 366. The minimum atomic E-state index is 0.380. The van der Waals surface area contributed by atoms with E-state index in [-0.39, 0.29) is 0 Å². The van der Waals surface area contributed by atoms with E-state index in [0.717, 1.165) is 13.2 Å². The lowest BCUT2D eigenvalue weighted by Gasteiger charge is -2.47. The van der Waals surface area contributed by atoms with Gasteiger partial charge in [0.1, 0.15) is 0 Å². The second kappa shape index (κ2) is 5.70. The minimum Gasteiger partial charge on any atom is -0.375 e. The molecule has 100 valence electrons. The third-order valence-electron chi connectivity index (χ3n) is 4.33. The molecule has 2 N–H and O–H groups in total. The van der Waals surface area contributed by atoms with Crippen LogP contribution in [0.15, 0.2) is 16.8 Å². The van der Waals surface area contributed by atoms with E-state index in [1.165, 1.54) is 31.2 Å². The van der Waals surface area contributed by atoms with E-state index in [2.05, 4.69) is 21.7 Å². The number of nitrogens with two attached hydrogens (primary N) is 1. The molecule has 1 saturated carbocycles. The van der Waals surface area contributed by atoms with E-state index in [1.54, 1.807) is 11.3 Å². The fraction of sp³-hybridized carbons (Fsp3) is 0.714. The third-order valence-corrected chi connectivity index (χ3v) is 5.03. The van der Waals surface area contributed by atoms with E-state index in [4.69, 9.17) is 10.5 Å². The highest BCUT2D eigenvalue weighted by Crippen LogP contribution is 2.34. The first kappa shape index (κ1) is 12.6. The molecule has 1 aliphatic carbocycles. The van der Waals surface area contributed by atoms with E-state index >= 15 is 0 Å². The van der Waals surface area contributed by atoms with Gasteiger partial charge >= 0.3 is 0 Å². The molecule has 4 heteroatoms. The monoisotopic (exact) mass is 266 g/mol. The maximum absolute atomic E-state index is 6.04. The second-order valence-corrected chi connectivity index (χ2v) is 6.09. The zero-order valence-corrected chi connectivity index (χ0v) is 11.6. The van der Waals surface area contributed by atoms with Crippen molar-refractivity contribution in [1.82, 2.24) is 4.90 Å². The highest BCUT2D eigenvalue weighted by Gasteiger charge is 2.37. The van der Waals surface area contributed by atoms with Crippen molar-refractivity contribution in [2.24, 2.45) is 5.73 Å². The van der Waals surface area contributed by atoms with Crippen molar-refractivity contribution in [1.29, 1.82) is 0 Å². The molecule has 0 radical (unpaired) electrons. The lowest BCUT2D eigenvalue weighted by Crippen LogP contribution is -2.54. The fourth-order valence-corrected chi connectivity index (χ4v) is 4.15. The average molecular weight is 266 g/mol. The SMILES string of the molecule is NCC(c1ccsc1)N1CCOC2CCCCC21. The Morgan fingerprint density at radius 3 is 3.11 bits per heavy atom. The summed E-state index contributed by atoms with van der Waals surface area (Å²) in [7, 11) is 0. The van der Waals surface area contributed by atoms with Crippen molar-refractivity contribution in [3.8, 4) is 0 Å². The Hall–Kier alpha value is -0.420. The van der Waals surface area contributed by atoms with Crippen molar-refractivity contribution in [3.63, 3.8) is 0 Å². The zero-order valence-electron chi connectivity index (χ0n) is 10.8. The number of rotatable bonds is 3. The quantitative estimate of drug-likeness (QED) is 0.913. The Morgan fingerprint density at radius 2 is 2.33 bits per heavy atom. The van der Waals surface area contributed by atoms with Gasteiger partial charge in [-0.25, -0.2) is 0 Å². The number of morpholine rings is 1. The Morgan fingerprint density at radius 1 is 1.44 bits per heavy atom. The van der Waals surface area contributed by atoms with Crippen LogP contribution in [0.1, 0.15) is 37.3 Å². The molecule has 3 nitrogen and oxygen atoms in total. The molecule has 3 rings (SSSR count). The predicted molar refractivity (Wildman–Crippen MR) is 74.8 cm³/mol. The van der Waals surface area contributed by atoms with E-state index < -0.39 is 0 Å². The molecule has 18 heavy (non-hydrogen) atoms. The highest BCUT2D eigenvalue weighted by molar-refractivity contribution is 7.07. The normalized spacial score (nSPS) is 30.9. The summed E-state index contributed by atoms with van der Waals surface area (Å²) in [5, 5.41) is 4.39. The molecule has 3 unspecified atom stereocenters. The Kier molecular flexibility index (Phi) is 3.99. The molecule has 2 aliphatic rings. The number of thiophene rings is 1. The molecule has 1 aromatic heterocycles. The van der Waals surface area contributed by atoms with Gasteiger partial charge in [-0.15, -0.1) is 0 Å². The van der Waals surface area contributed by atoms with Crippen LogP contribution in [0.25, 0.3) is 0 Å². The van der Waals surface area contributed by atoms with Crippen LogP contribution in [-0.4, -0.2) is 36.7 Å². The van der Waals surface area contributed by atoms with Crippen molar-refractivity contribution in [2.75, 3.05) is 19.7 Å². The molecule has 3 atom stereocenters. The summed E-state index contributed by atoms with van der Waals surface area (Å²) < 4.78 is 5.94. The molecule has 0 aromatic carbocycles. The van der Waals surface area contributed by atoms with Gasteiger partial charge in [-0.05, 0) is 35.2 Å². The van der Waals surface area contributed by atoms with Crippen LogP contribution in [0.4, 0.5) is 0 Å². The zero-order chi connectivity index (χ0) is 12.4. The summed E-state index contributed by atoms with van der Waals surface area (Å²) in [5.41, 5.74) is 7.42. The first-order valence-corrected chi connectivity index (χ1v) is 7.94. The smallest absolute Gasteiger partial charge is 0.0731 e. The molecule has 2 fully saturated rings. The molecular weight excluding hydrogens is 244 g/mol. The molecule has 0 bridgehead atoms. The number of nitrogens with zero attached hydrogens (tertiary/aromatic N) is 1. The first-order chi connectivity index (χ1) is 8.90. The van der Waals surface area contributed by atoms with Crippen molar-refractivity contribution in [3.05, 3.63) is 22.4 Å². The van der Waals surface area contributed by atoms with Gasteiger partial charge in [-0.2, -0.15) is 11.3 Å². The molecule has 1 aromatic rings. The number of ether oxygens (including phenoxy) is 1. The maximum atomic E-state index is 6.04. The fourth-order valence-electron chi connectivity index (χ4n) is 3.44. The van der Waals surface area contributed by atoms with Crippen LogP contribution in [-0.2, 0) is 4.74 Å². The van der Waals surface area contributed by atoms with Crippen molar-refractivity contribution < 1.29 is 4.74 Å². The van der Waals surface area contributed by atoms with Crippen LogP contribution in [0.3, 0.4) is 0 Å². The van der Waals surface area contributed by atoms with Gasteiger partial charge in [0.05, 0.1) is 12.7 Å². The van der Waals surface area contributed by atoms with Crippen LogP contribution in [0, 0.1) is 0 Å². The van der Waals surface area contributed by atoms with Crippen molar-refractivity contribution in [2.45, 2.75) is 43.9 Å².